The molecule has 6 nitrogen and oxygen atoms in total. The largest absolute Gasteiger partial charge is 0.507 e. The van der Waals surface area contributed by atoms with Crippen LogP contribution in [0, 0.1) is 0 Å². The van der Waals surface area contributed by atoms with Crippen LogP contribution in [0.1, 0.15) is 5.56 Å². The third-order valence-electron chi connectivity index (χ3n) is 4.18. The average molecular weight is 355 g/mol. The summed E-state index contributed by atoms with van der Waals surface area (Å²) in [5.74, 6) is 1.01. The number of methoxy groups -OCH3 is 2. The maximum atomic E-state index is 13.0. The van der Waals surface area contributed by atoms with E-state index < -0.39 is 0 Å². The number of rotatable bonds is 5. The Labute approximate surface area is 151 Å². The average Bonchev–Trinajstić information content (AvgIpc) is 2.63. The molecule has 0 aliphatic rings. The zero-order valence-corrected chi connectivity index (χ0v) is 15.2. The minimum atomic E-state index is -0.295. The van der Waals surface area contributed by atoms with Crippen molar-refractivity contribution in [3.8, 4) is 28.4 Å². The van der Waals surface area contributed by atoms with E-state index in [4.69, 9.17) is 13.9 Å². The third kappa shape index (κ3) is 3.11. The van der Waals surface area contributed by atoms with Crippen LogP contribution in [-0.4, -0.2) is 38.3 Å². The maximum absolute atomic E-state index is 13.0. The van der Waals surface area contributed by atoms with E-state index in [1.165, 1.54) is 19.4 Å². The van der Waals surface area contributed by atoms with Crippen LogP contribution in [0.4, 0.5) is 0 Å². The molecule has 0 fully saturated rings. The van der Waals surface area contributed by atoms with Crippen LogP contribution in [0.2, 0.25) is 0 Å². The molecule has 6 heteroatoms. The monoisotopic (exact) mass is 355 g/mol. The SMILES string of the molecule is COc1ccc(-c2coc3c(CN(C)C)c(OC)cc(O)c3c2=O)cc1. The molecule has 0 atom stereocenters. The fourth-order valence-electron chi connectivity index (χ4n) is 2.94. The van der Waals surface area contributed by atoms with Crippen molar-refractivity contribution < 1.29 is 19.0 Å². The fourth-order valence-corrected chi connectivity index (χ4v) is 2.94. The molecule has 1 heterocycles. The Morgan fingerprint density at radius 3 is 2.38 bits per heavy atom. The molecule has 26 heavy (non-hydrogen) atoms. The van der Waals surface area contributed by atoms with E-state index in [2.05, 4.69) is 0 Å². The summed E-state index contributed by atoms with van der Waals surface area (Å²) in [5, 5.41) is 10.6. The van der Waals surface area contributed by atoms with Gasteiger partial charge in [-0.05, 0) is 31.8 Å². The number of phenols is 1. The molecule has 3 aromatic rings. The topological polar surface area (TPSA) is 72.1 Å². The minimum Gasteiger partial charge on any atom is -0.507 e. The molecule has 0 bridgehead atoms. The predicted molar refractivity (Wildman–Crippen MR) is 100 cm³/mol. The highest BCUT2D eigenvalue weighted by atomic mass is 16.5. The first-order valence-electron chi connectivity index (χ1n) is 8.09. The van der Waals surface area contributed by atoms with E-state index in [-0.39, 0.29) is 16.6 Å². The fraction of sp³-hybridized carbons (Fsp3) is 0.250. The van der Waals surface area contributed by atoms with Gasteiger partial charge in [-0.2, -0.15) is 0 Å². The molecule has 1 aromatic heterocycles. The van der Waals surface area contributed by atoms with Gasteiger partial charge >= 0.3 is 0 Å². The van der Waals surface area contributed by atoms with Crippen LogP contribution in [-0.2, 0) is 6.54 Å². The highest BCUT2D eigenvalue weighted by Crippen LogP contribution is 2.35. The summed E-state index contributed by atoms with van der Waals surface area (Å²) in [4.78, 5) is 15.0. The summed E-state index contributed by atoms with van der Waals surface area (Å²) >= 11 is 0. The van der Waals surface area contributed by atoms with Gasteiger partial charge in [0.2, 0.25) is 5.43 Å². The van der Waals surface area contributed by atoms with Gasteiger partial charge < -0.3 is 23.9 Å². The first kappa shape index (κ1) is 17.8. The van der Waals surface area contributed by atoms with Crippen molar-refractivity contribution in [2.24, 2.45) is 0 Å². The standard InChI is InChI=1S/C20H21NO5/c1-21(2)10-14-17(25-4)9-16(22)18-19(23)15(11-26-20(14)18)12-5-7-13(24-3)8-6-12/h5-9,11,22H,10H2,1-4H3. The lowest BCUT2D eigenvalue weighted by atomic mass is 10.0. The van der Waals surface area contributed by atoms with Crippen LogP contribution >= 0.6 is 0 Å². The van der Waals surface area contributed by atoms with Crippen LogP contribution in [0.25, 0.3) is 22.1 Å². The summed E-state index contributed by atoms with van der Waals surface area (Å²) in [5.41, 5.74) is 1.81. The van der Waals surface area contributed by atoms with Crippen LogP contribution < -0.4 is 14.9 Å². The van der Waals surface area contributed by atoms with Gasteiger partial charge in [0.15, 0.2) is 0 Å². The van der Waals surface area contributed by atoms with Crippen LogP contribution in [0.5, 0.6) is 17.2 Å². The lowest BCUT2D eigenvalue weighted by molar-refractivity contribution is 0.368. The van der Waals surface area contributed by atoms with E-state index in [0.717, 1.165) is 0 Å². The lowest BCUT2D eigenvalue weighted by Crippen LogP contribution is -2.14. The van der Waals surface area contributed by atoms with E-state index >= 15 is 0 Å². The highest BCUT2D eigenvalue weighted by Gasteiger charge is 2.20. The van der Waals surface area contributed by atoms with Crippen molar-refractivity contribution in [2.75, 3.05) is 28.3 Å². The first-order valence-corrected chi connectivity index (χ1v) is 8.09. The van der Waals surface area contributed by atoms with Gasteiger partial charge in [-0.25, -0.2) is 0 Å². The van der Waals surface area contributed by atoms with E-state index in [1.54, 1.807) is 31.4 Å². The third-order valence-corrected chi connectivity index (χ3v) is 4.18. The first-order chi connectivity index (χ1) is 12.5. The number of aromatic hydroxyl groups is 1. The number of nitrogens with zero attached hydrogens (tertiary/aromatic N) is 1. The van der Waals surface area contributed by atoms with Gasteiger partial charge in [0, 0.05) is 12.6 Å². The number of fused-ring (bicyclic) bond motifs is 1. The van der Waals surface area contributed by atoms with Crippen molar-refractivity contribution in [1.29, 1.82) is 0 Å². The van der Waals surface area contributed by atoms with Crippen LogP contribution in [0.15, 0.2) is 45.8 Å². The number of benzene rings is 2. The van der Waals surface area contributed by atoms with Crippen molar-refractivity contribution in [3.63, 3.8) is 0 Å². The number of phenolic OH excluding ortho intramolecular Hbond substituents is 1. The summed E-state index contributed by atoms with van der Waals surface area (Å²) in [6, 6.07) is 8.54. The number of ether oxygens (including phenoxy) is 2. The Morgan fingerprint density at radius 1 is 1.12 bits per heavy atom. The molecule has 0 aliphatic carbocycles. The molecule has 2 aromatic carbocycles. The van der Waals surface area contributed by atoms with Gasteiger partial charge in [0.25, 0.3) is 0 Å². The predicted octanol–water partition coefficient (Wildman–Crippen LogP) is 3.24. The normalized spacial score (nSPS) is 11.1. The van der Waals surface area contributed by atoms with Gasteiger partial charge in [-0.3, -0.25) is 4.79 Å². The molecular formula is C20H21NO5. The minimum absolute atomic E-state index is 0.149. The molecule has 0 saturated carbocycles. The molecule has 136 valence electrons. The second-order valence-corrected chi connectivity index (χ2v) is 6.23. The summed E-state index contributed by atoms with van der Waals surface area (Å²) in [7, 11) is 6.91. The Hall–Kier alpha value is -2.99. The molecular weight excluding hydrogens is 334 g/mol. The van der Waals surface area contributed by atoms with Gasteiger partial charge in [-0.15, -0.1) is 0 Å². The van der Waals surface area contributed by atoms with E-state index in [0.29, 0.717) is 40.3 Å². The van der Waals surface area contributed by atoms with Crippen molar-refractivity contribution in [3.05, 3.63) is 52.4 Å². The number of hydrogen-bond acceptors (Lipinski definition) is 6. The lowest BCUT2D eigenvalue weighted by Gasteiger charge is -2.16. The van der Waals surface area contributed by atoms with Gasteiger partial charge in [-0.1, -0.05) is 12.1 Å². The summed E-state index contributed by atoms with van der Waals surface area (Å²) in [6.45, 7) is 0.505. The molecule has 0 saturated heterocycles. The molecule has 0 aliphatic heterocycles. The van der Waals surface area contributed by atoms with Gasteiger partial charge in [0.1, 0.15) is 34.5 Å². The molecule has 0 spiro atoms. The Bertz CT molecular complexity index is 990. The number of hydrogen-bond donors (Lipinski definition) is 1. The zero-order valence-electron chi connectivity index (χ0n) is 15.2. The Kier molecular flexibility index (Phi) is 4.86. The quantitative estimate of drug-likeness (QED) is 0.757. The summed E-state index contributed by atoms with van der Waals surface area (Å²) in [6.07, 6.45) is 1.42. The molecule has 3 rings (SSSR count). The Morgan fingerprint density at radius 2 is 1.81 bits per heavy atom. The van der Waals surface area contributed by atoms with Crippen molar-refractivity contribution >= 4 is 11.0 Å². The zero-order chi connectivity index (χ0) is 18.8. The molecule has 1 N–H and O–H groups in total. The molecule has 0 radical (unpaired) electrons. The van der Waals surface area contributed by atoms with Gasteiger partial charge in [0.05, 0.1) is 25.3 Å². The second kappa shape index (κ2) is 7.09. The van der Waals surface area contributed by atoms with Crippen molar-refractivity contribution in [2.45, 2.75) is 6.54 Å². The summed E-state index contributed by atoms with van der Waals surface area (Å²) < 4.78 is 16.3. The van der Waals surface area contributed by atoms with E-state index in [1.807, 2.05) is 19.0 Å². The highest BCUT2D eigenvalue weighted by molar-refractivity contribution is 5.90. The van der Waals surface area contributed by atoms with Crippen molar-refractivity contribution in [1.82, 2.24) is 4.90 Å². The smallest absolute Gasteiger partial charge is 0.204 e. The molecule has 0 unspecified atom stereocenters. The molecule has 0 amide bonds. The Balaban J connectivity index is 2.26. The van der Waals surface area contributed by atoms with E-state index in [9.17, 15) is 9.90 Å². The second-order valence-electron chi connectivity index (χ2n) is 6.23. The maximum Gasteiger partial charge on any atom is 0.204 e. The van der Waals surface area contributed by atoms with Crippen LogP contribution in [0.3, 0.4) is 0 Å².